The van der Waals surface area contributed by atoms with Crippen LogP contribution >= 0.6 is 11.6 Å². The van der Waals surface area contributed by atoms with E-state index in [1.807, 2.05) is 36.4 Å². The molecule has 0 fully saturated rings. The van der Waals surface area contributed by atoms with Gasteiger partial charge in [0.25, 0.3) is 5.91 Å². The van der Waals surface area contributed by atoms with Crippen molar-refractivity contribution in [3.05, 3.63) is 112 Å². The first-order valence-corrected chi connectivity index (χ1v) is 10.5. The minimum absolute atomic E-state index is 0.0852. The molecule has 0 atom stereocenters. The van der Waals surface area contributed by atoms with Crippen LogP contribution in [0, 0.1) is 17.1 Å². The van der Waals surface area contributed by atoms with E-state index in [9.17, 15) is 14.4 Å². The van der Waals surface area contributed by atoms with E-state index in [1.54, 1.807) is 42.5 Å². The second-order valence-electron chi connectivity index (χ2n) is 7.25. The van der Waals surface area contributed by atoms with E-state index in [4.69, 9.17) is 16.3 Å². The van der Waals surface area contributed by atoms with Crippen LogP contribution in [0.1, 0.15) is 11.1 Å². The lowest BCUT2D eigenvalue weighted by Gasteiger charge is -2.13. The second kappa shape index (κ2) is 9.99. The minimum Gasteiger partial charge on any atom is -0.488 e. The van der Waals surface area contributed by atoms with Gasteiger partial charge in [-0.15, -0.1) is 0 Å². The maximum absolute atomic E-state index is 13.2. The summed E-state index contributed by atoms with van der Waals surface area (Å²) < 4.78 is 19.2. The van der Waals surface area contributed by atoms with Crippen molar-refractivity contribution in [1.82, 2.24) is 0 Å². The van der Waals surface area contributed by atoms with Crippen molar-refractivity contribution in [3.63, 3.8) is 0 Å². The Morgan fingerprint density at radius 2 is 1.82 bits per heavy atom. The van der Waals surface area contributed by atoms with E-state index >= 15 is 0 Å². The van der Waals surface area contributed by atoms with Crippen LogP contribution in [0.4, 0.5) is 10.1 Å². The van der Waals surface area contributed by atoms with Crippen LogP contribution < -0.4 is 10.1 Å². The van der Waals surface area contributed by atoms with E-state index in [1.165, 1.54) is 18.2 Å². The summed E-state index contributed by atoms with van der Waals surface area (Å²) in [7, 11) is 0. The average Bonchev–Trinajstić information content (AvgIpc) is 2.82. The normalized spacial score (nSPS) is 11.1. The number of benzene rings is 4. The minimum atomic E-state index is -0.558. The Bertz CT molecular complexity index is 1390. The number of nitrogens with zero attached hydrogens (tertiary/aromatic N) is 1. The molecule has 162 valence electrons. The summed E-state index contributed by atoms with van der Waals surface area (Å²) in [5.74, 6) is -0.379. The molecule has 4 aromatic carbocycles. The highest BCUT2D eigenvalue weighted by molar-refractivity contribution is 6.31. The van der Waals surface area contributed by atoms with E-state index in [0.29, 0.717) is 22.0 Å². The summed E-state index contributed by atoms with van der Waals surface area (Å²) in [4.78, 5) is 12.8. The molecule has 0 radical (unpaired) electrons. The van der Waals surface area contributed by atoms with Crippen molar-refractivity contribution < 1.29 is 13.9 Å². The van der Waals surface area contributed by atoms with Gasteiger partial charge in [-0.1, -0.05) is 60.1 Å². The Morgan fingerprint density at radius 1 is 1.03 bits per heavy atom. The standard InChI is InChI=1S/C27H18ClFN2O2/c28-21-5-3-6-23(15-21)31-27(32)20(16-30)14-25-24-7-2-1-4-19(24)10-13-26(25)33-17-18-8-11-22(29)12-9-18/h1-15H,17H2,(H,31,32)/b20-14+. The number of carbonyl (C=O) groups is 1. The number of carbonyl (C=O) groups excluding carboxylic acids is 1. The molecule has 6 heteroatoms. The monoisotopic (exact) mass is 456 g/mol. The maximum atomic E-state index is 13.2. The molecule has 4 nitrogen and oxygen atoms in total. The summed E-state index contributed by atoms with van der Waals surface area (Å²) in [5, 5.41) is 14.6. The predicted molar refractivity (Wildman–Crippen MR) is 128 cm³/mol. The molecule has 4 rings (SSSR count). The number of nitrogens with one attached hydrogen (secondary N) is 1. The number of ether oxygens (including phenoxy) is 1. The Balaban J connectivity index is 1.69. The number of amides is 1. The third-order valence-electron chi connectivity index (χ3n) is 4.97. The van der Waals surface area contributed by atoms with Gasteiger partial charge in [0.05, 0.1) is 0 Å². The molecule has 0 unspecified atom stereocenters. The van der Waals surface area contributed by atoms with Crippen molar-refractivity contribution in [1.29, 1.82) is 5.26 Å². The Hall–Kier alpha value is -4.14. The summed E-state index contributed by atoms with van der Waals surface area (Å²) in [6, 6.07) is 26.0. The first-order chi connectivity index (χ1) is 16.0. The molecule has 0 aliphatic carbocycles. The Labute approximate surface area is 195 Å². The molecule has 0 aliphatic heterocycles. The molecule has 0 aliphatic rings. The molecule has 0 saturated heterocycles. The van der Waals surface area contributed by atoms with Gasteiger partial charge in [-0.2, -0.15) is 5.26 Å². The second-order valence-corrected chi connectivity index (χ2v) is 7.68. The average molecular weight is 457 g/mol. The van der Waals surface area contributed by atoms with Gasteiger partial charge in [0.2, 0.25) is 0 Å². The van der Waals surface area contributed by atoms with Gasteiger partial charge in [-0.25, -0.2) is 4.39 Å². The molecule has 0 spiro atoms. The molecule has 4 aromatic rings. The maximum Gasteiger partial charge on any atom is 0.266 e. The van der Waals surface area contributed by atoms with Crippen molar-refractivity contribution >= 4 is 40.0 Å². The number of hydrogen-bond acceptors (Lipinski definition) is 3. The quantitative estimate of drug-likeness (QED) is 0.257. The topological polar surface area (TPSA) is 62.1 Å². The fraction of sp³-hybridized carbons (Fsp3) is 0.0370. The van der Waals surface area contributed by atoms with E-state index in [0.717, 1.165) is 16.3 Å². The molecule has 1 amide bonds. The summed E-state index contributed by atoms with van der Waals surface area (Å²) in [6.07, 6.45) is 1.52. The highest BCUT2D eigenvalue weighted by atomic mass is 35.5. The molecule has 0 heterocycles. The number of fused-ring (bicyclic) bond motifs is 1. The van der Waals surface area contributed by atoms with Crippen molar-refractivity contribution in [2.24, 2.45) is 0 Å². The van der Waals surface area contributed by atoms with Gasteiger partial charge in [0.1, 0.15) is 29.8 Å². The highest BCUT2D eigenvalue weighted by Crippen LogP contribution is 2.31. The SMILES string of the molecule is N#C/C(=C\c1c(OCc2ccc(F)cc2)ccc2ccccc12)C(=O)Nc1cccc(Cl)c1. The summed E-state index contributed by atoms with van der Waals surface area (Å²) in [6.45, 7) is 0.204. The van der Waals surface area contributed by atoms with Gasteiger partial charge in [-0.3, -0.25) is 4.79 Å². The zero-order valence-corrected chi connectivity index (χ0v) is 18.1. The van der Waals surface area contributed by atoms with Gasteiger partial charge < -0.3 is 10.1 Å². The summed E-state index contributed by atoms with van der Waals surface area (Å²) in [5.41, 5.74) is 1.80. The first kappa shape index (κ1) is 22.1. The first-order valence-electron chi connectivity index (χ1n) is 10.1. The molecular formula is C27H18ClFN2O2. The van der Waals surface area contributed by atoms with Crippen molar-refractivity contribution in [3.8, 4) is 11.8 Å². The van der Waals surface area contributed by atoms with Gasteiger partial charge in [0.15, 0.2) is 0 Å². The fourth-order valence-corrected chi connectivity index (χ4v) is 3.54. The van der Waals surface area contributed by atoms with Crippen LogP contribution in [0.15, 0.2) is 90.5 Å². The molecular weight excluding hydrogens is 439 g/mol. The Morgan fingerprint density at radius 3 is 2.58 bits per heavy atom. The number of nitriles is 1. The molecule has 0 saturated carbocycles. The van der Waals surface area contributed by atoms with Crippen LogP contribution in [-0.2, 0) is 11.4 Å². The Kier molecular flexibility index (Phi) is 6.68. The number of hydrogen-bond donors (Lipinski definition) is 1. The van der Waals surface area contributed by atoms with Gasteiger partial charge in [-0.05, 0) is 58.8 Å². The predicted octanol–water partition coefficient (Wildman–Crippen LogP) is 6.76. The lowest BCUT2D eigenvalue weighted by Crippen LogP contribution is -2.13. The third-order valence-corrected chi connectivity index (χ3v) is 5.21. The smallest absolute Gasteiger partial charge is 0.266 e. The van der Waals surface area contributed by atoms with E-state index in [2.05, 4.69) is 5.32 Å². The van der Waals surface area contributed by atoms with Crippen molar-refractivity contribution in [2.75, 3.05) is 5.32 Å². The highest BCUT2D eigenvalue weighted by Gasteiger charge is 2.14. The molecule has 33 heavy (non-hydrogen) atoms. The van der Waals surface area contributed by atoms with Crippen LogP contribution in [-0.4, -0.2) is 5.91 Å². The molecule has 0 bridgehead atoms. The number of halogens is 2. The van der Waals surface area contributed by atoms with Crippen LogP contribution in [0.3, 0.4) is 0 Å². The van der Waals surface area contributed by atoms with Gasteiger partial charge in [0, 0.05) is 16.3 Å². The zero-order chi connectivity index (χ0) is 23.2. The summed E-state index contributed by atoms with van der Waals surface area (Å²) >= 11 is 5.98. The number of anilines is 1. The van der Waals surface area contributed by atoms with Crippen LogP contribution in [0.5, 0.6) is 5.75 Å². The largest absolute Gasteiger partial charge is 0.488 e. The van der Waals surface area contributed by atoms with Gasteiger partial charge >= 0.3 is 0 Å². The van der Waals surface area contributed by atoms with Crippen LogP contribution in [0.25, 0.3) is 16.8 Å². The molecule has 0 aromatic heterocycles. The van der Waals surface area contributed by atoms with E-state index in [-0.39, 0.29) is 18.0 Å². The lowest BCUT2D eigenvalue weighted by atomic mass is 10.0. The lowest BCUT2D eigenvalue weighted by molar-refractivity contribution is -0.112. The van der Waals surface area contributed by atoms with Crippen molar-refractivity contribution in [2.45, 2.75) is 6.61 Å². The van der Waals surface area contributed by atoms with E-state index < -0.39 is 5.91 Å². The molecule has 1 N–H and O–H groups in total. The number of rotatable bonds is 6. The zero-order valence-electron chi connectivity index (χ0n) is 17.4. The van der Waals surface area contributed by atoms with Crippen LogP contribution in [0.2, 0.25) is 5.02 Å². The fourth-order valence-electron chi connectivity index (χ4n) is 3.35. The third kappa shape index (κ3) is 5.38.